The third kappa shape index (κ3) is 4.71. The first-order valence-corrected chi connectivity index (χ1v) is 7.99. The summed E-state index contributed by atoms with van der Waals surface area (Å²) in [5.41, 5.74) is -1.07. The monoisotopic (exact) mass is 311 g/mol. The number of hydrogen-bond acceptors (Lipinski definition) is 3. The molecule has 0 aromatic carbocycles. The maximum absolute atomic E-state index is 12.6. The molecule has 0 saturated carbocycles. The van der Waals surface area contributed by atoms with E-state index >= 15 is 0 Å². The Morgan fingerprint density at radius 3 is 2.00 bits per heavy atom. The van der Waals surface area contributed by atoms with Gasteiger partial charge in [0.1, 0.15) is 5.41 Å². The molecule has 0 aromatic rings. The van der Waals surface area contributed by atoms with Gasteiger partial charge >= 0.3 is 0 Å². The summed E-state index contributed by atoms with van der Waals surface area (Å²) in [6.07, 6.45) is 0.896. The maximum Gasteiger partial charge on any atom is 0.237 e. The van der Waals surface area contributed by atoms with E-state index < -0.39 is 5.41 Å². The highest BCUT2D eigenvalue weighted by Gasteiger charge is 2.39. The van der Waals surface area contributed by atoms with E-state index in [4.69, 9.17) is 0 Å². The SMILES string of the molecule is CC(=O)N1CCN(C(=O)C(C)(C)C(=O)NCCC(C)C)CC1. The molecule has 1 rings (SSSR count). The van der Waals surface area contributed by atoms with Crippen LogP contribution in [-0.2, 0) is 14.4 Å². The fraction of sp³-hybridized carbons (Fsp3) is 0.812. The summed E-state index contributed by atoms with van der Waals surface area (Å²) in [5, 5.41) is 2.85. The molecule has 6 nitrogen and oxygen atoms in total. The Morgan fingerprint density at radius 1 is 1.05 bits per heavy atom. The Bertz CT molecular complexity index is 424. The minimum atomic E-state index is -1.07. The molecule has 22 heavy (non-hydrogen) atoms. The summed E-state index contributed by atoms with van der Waals surface area (Å²) < 4.78 is 0. The van der Waals surface area contributed by atoms with E-state index in [1.807, 2.05) is 0 Å². The zero-order valence-corrected chi connectivity index (χ0v) is 14.4. The summed E-state index contributed by atoms with van der Waals surface area (Å²) >= 11 is 0. The van der Waals surface area contributed by atoms with Gasteiger partial charge in [-0.25, -0.2) is 0 Å². The third-order valence-electron chi connectivity index (χ3n) is 4.12. The Labute approximate surface area is 133 Å². The Balaban J connectivity index is 2.55. The molecule has 1 fully saturated rings. The molecule has 0 spiro atoms. The van der Waals surface area contributed by atoms with Crippen LogP contribution in [0, 0.1) is 11.3 Å². The molecule has 1 saturated heterocycles. The van der Waals surface area contributed by atoms with Gasteiger partial charge in [-0.05, 0) is 26.2 Å². The predicted molar refractivity (Wildman–Crippen MR) is 85.1 cm³/mol. The Morgan fingerprint density at radius 2 is 1.55 bits per heavy atom. The van der Waals surface area contributed by atoms with Crippen LogP contribution in [0.5, 0.6) is 0 Å². The lowest BCUT2D eigenvalue weighted by atomic mass is 9.89. The van der Waals surface area contributed by atoms with Gasteiger partial charge in [-0.2, -0.15) is 0 Å². The van der Waals surface area contributed by atoms with Gasteiger partial charge in [-0.3, -0.25) is 14.4 Å². The highest BCUT2D eigenvalue weighted by molar-refractivity contribution is 6.04. The van der Waals surface area contributed by atoms with Crippen LogP contribution in [0.2, 0.25) is 0 Å². The number of piperazine rings is 1. The first kappa shape index (κ1) is 18.5. The van der Waals surface area contributed by atoms with Crippen molar-refractivity contribution in [3.8, 4) is 0 Å². The van der Waals surface area contributed by atoms with Crippen molar-refractivity contribution in [3.05, 3.63) is 0 Å². The number of rotatable bonds is 5. The van der Waals surface area contributed by atoms with Crippen LogP contribution in [0.3, 0.4) is 0 Å². The van der Waals surface area contributed by atoms with E-state index in [0.717, 1.165) is 6.42 Å². The van der Waals surface area contributed by atoms with Crippen molar-refractivity contribution in [2.24, 2.45) is 11.3 Å². The van der Waals surface area contributed by atoms with E-state index in [-0.39, 0.29) is 17.7 Å². The second-order valence-corrected chi connectivity index (χ2v) is 6.86. The van der Waals surface area contributed by atoms with Gasteiger partial charge in [0, 0.05) is 39.6 Å². The zero-order chi connectivity index (χ0) is 16.9. The molecular formula is C16H29N3O3. The van der Waals surface area contributed by atoms with Gasteiger partial charge in [0.05, 0.1) is 0 Å². The van der Waals surface area contributed by atoms with Crippen molar-refractivity contribution in [1.29, 1.82) is 0 Å². The topological polar surface area (TPSA) is 69.7 Å². The summed E-state index contributed by atoms with van der Waals surface area (Å²) in [7, 11) is 0. The smallest absolute Gasteiger partial charge is 0.237 e. The van der Waals surface area contributed by atoms with Crippen LogP contribution in [-0.4, -0.2) is 60.2 Å². The number of nitrogens with one attached hydrogen (secondary N) is 1. The lowest BCUT2D eigenvalue weighted by molar-refractivity contribution is -0.151. The lowest BCUT2D eigenvalue weighted by Gasteiger charge is -2.37. The van der Waals surface area contributed by atoms with Crippen molar-refractivity contribution < 1.29 is 14.4 Å². The average molecular weight is 311 g/mol. The Hall–Kier alpha value is -1.59. The minimum Gasteiger partial charge on any atom is -0.355 e. The fourth-order valence-electron chi connectivity index (χ4n) is 2.41. The molecule has 1 heterocycles. The zero-order valence-electron chi connectivity index (χ0n) is 14.4. The molecule has 3 amide bonds. The van der Waals surface area contributed by atoms with E-state index in [1.165, 1.54) is 6.92 Å². The van der Waals surface area contributed by atoms with Crippen molar-refractivity contribution in [2.75, 3.05) is 32.7 Å². The standard InChI is InChI=1S/C16H29N3O3/c1-12(2)6-7-17-14(21)16(4,5)15(22)19-10-8-18(9-11-19)13(3)20/h12H,6-11H2,1-5H3,(H,17,21). The molecule has 0 aromatic heterocycles. The number of hydrogen-bond donors (Lipinski definition) is 1. The van der Waals surface area contributed by atoms with Crippen LogP contribution in [0.15, 0.2) is 0 Å². The molecule has 1 aliphatic heterocycles. The summed E-state index contributed by atoms with van der Waals surface area (Å²) in [6, 6.07) is 0. The van der Waals surface area contributed by atoms with E-state index in [0.29, 0.717) is 38.6 Å². The fourth-order valence-corrected chi connectivity index (χ4v) is 2.41. The highest BCUT2D eigenvalue weighted by atomic mass is 16.2. The number of amides is 3. The van der Waals surface area contributed by atoms with Crippen LogP contribution in [0.4, 0.5) is 0 Å². The first-order valence-electron chi connectivity index (χ1n) is 7.99. The lowest BCUT2D eigenvalue weighted by Crippen LogP contribution is -2.56. The van der Waals surface area contributed by atoms with Crippen molar-refractivity contribution in [3.63, 3.8) is 0 Å². The van der Waals surface area contributed by atoms with Crippen molar-refractivity contribution >= 4 is 17.7 Å². The molecule has 0 bridgehead atoms. The molecule has 6 heteroatoms. The van der Waals surface area contributed by atoms with Gasteiger partial charge in [-0.1, -0.05) is 13.8 Å². The van der Waals surface area contributed by atoms with E-state index in [1.54, 1.807) is 23.6 Å². The molecule has 1 aliphatic rings. The minimum absolute atomic E-state index is 0.0257. The second kappa shape index (κ2) is 7.61. The maximum atomic E-state index is 12.6. The molecule has 126 valence electrons. The van der Waals surface area contributed by atoms with E-state index in [9.17, 15) is 14.4 Å². The predicted octanol–water partition coefficient (Wildman–Crippen LogP) is 0.866. The molecular weight excluding hydrogens is 282 g/mol. The number of carbonyl (C=O) groups excluding carboxylic acids is 3. The van der Waals surface area contributed by atoms with Gasteiger partial charge in [0.2, 0.25) is 17.7 Å². The summed E-state index contributed by atoms with van der Waals surface area (Å²) in [6.45, 7) is 11.7. The van der Waals surface area contributed by atoms with Crippen molar-refractivity contribution in [2.45, 2.75) is 41.0 Å². The third-order valence-corrected chi connectivity index (χ3v) is 4.12. The largest absolute Gasteiger partial charge is 0.355 e. The van der Waals surface area contributed by atoms with Crippen molar-refractivity contribution in [1.82, 2.24) is 15.1 Å². The van der Waals surface area contributed by atoms with Crippen LogP contribution >= 0.6 is 0 Å². The van der Waals surface area contributed by atoms with Crippen LogP contribution in [0.1, 0.15) is 41.0 Å². The van der Waals surface area contributed by atoms with Crippen LogP contribution < -0.4 is 5.32 Å². The Kier molecular flexibility index (Phi) is 6.38. The van der Waals surface area contributed by atoms with Gasteiger partial charge < -0.3 is 15.1 Å². The molecule has 0 radical (unpaired) electrons. The summed E-state index contributed by atoms with van der Waals surface area (Å²) in [5.74, 6) is 0.140. The average Bonchev–Trinajstić information content (AvgIpc) is 2.45. The number of carbonyl (C=O) groups is 3. The highest BCUT2D eigenvalue weighted by Crippen LogP contribution is 2.20. The van der Waals surface area contributed by atoms with Gasteiger partial charge in [-0.15, -0.1) is 0 Å². The quantitative estimate of drug-likeness (QED) is 0.766. The summed E-state index contributed by atoms with van der Waals surface area (Å²) in [4.78, 5) is 39.6. The molecule has 0 unspecified atom stereocenters. The van der Waals surface area contributed by atoms with Crippen LogP contribution in [0.25, 0.3) is 0 Å². The van der Waals surface area contributed by atoms with Gasteiger partial charge in [0.15, 0.2) is 0 Å². The van der Waals surface area contributed by atoms with E-state index in [2.05, 4.69) is 19.2 Å². The molecule has 0 atom stereocenters. The first-order chi connectivity index (χ1) is 10.2. The normalized spacial score (nSPS) is 15.9. The molecule has 0 aliphatic carbocycles. The number of nitrogens with zero attached hydrogens (tertiary/aromatic N) is 2. The van der Waals surface area contributed by atoms with Gasteiger partial charge in [0.25, 0.3) is 0 Å². The second-order valence-electron chi connectivity index (χ2n) is 6.86. The molecule has 1 N–H and O–H groups in total.